The van der Waals surface area contributed by atoms with Crippen molar-refractivity contribution in [2.75, 3.05) is 45.9 Å². The van der Waals surface area contributed by atoms with Crippen molar-refractivity contribution in [1.29, 1.82) is 0 Å². The average molecular weight is 809 g/mol. The van der Waals surface area contributed by atoms with Gasteiger partial charge in [-0.3, -0.25) is 14.8 Å². The van der Waals surface area contributed by atoms with Gasteiger partial charge in [0.2, 0.25) is 10.0 Å². The number of piperazine rings is 1. The average Bonchev–Trinajstić information content (AvgIpc) is 3.34. The summed E-state index contributed by atoms with van der Waals surface area (Å²) in [5.41, 5.74) is -1.43. The number of aliphatic hydroxyl groups excluding tert-OH is 2. The predicted octanol–water partition coefficient (Wildman–Crippen LogP) is 6.50. The zero-order chi connectivity index (χ0) is 38.9. The molecule has 2 heterocycles. The number of aliphatic imine (C=N–C) groups is 1. The van der Waals surface area contributed by atoms with E-state index >= 15 is 4.79 Å². The normalized spacial score (nSPS) is 21.8. The second-order valence-corrected chi connectivity index (χ2v) is 17.7. The Labute approximate surface area is 327 Å². The highest BCUT2D eigenvalue weighted by Crippen LogP contribution is 2.54. The van der Waals surface area contributed by atoms with Crippen LogP contribution in [0.3, 0.4) is 0 Å². The number of ether oxygens (including phenoxy) is 1. The minimum atomic E-state index is -4.16. The van der Waals surface area contributed by atoms with E-state index in [4.69, 9.17) is 44.5 Å². The first-order valence-corrected chi connectivity index (χ1v) is 20.2. The van der Waals surface area contributed by atoms with Crippen molar-refractivity contribution in [2.24, 2.45) is 4.99 Å². The Balaban J connectivity index is 1.74. The molecule has 0 aliphatic carbocycles. The summed E-state index contributed by atoms with van der Waals surface area (Å²) in [6.07, 6.45) is -0.400. The van der Waals surface area contributed by atoms with E-state index in [9.17, 15) is 18.6 Å². The van der Waals surface area contributed by atoms with Crippen molar-refractivity contribution in [1.82, 2.24) is 19.4 Å². The smallest absolute Gasteiger partial charge is 0.326 e. The number of rotatable bonds is 11. The van der Waals surface area contributed by atoms with Crippen LogP contribution in [0.1, 0.15) is 64.7 Å². The Morgan fingerprint density at radius 2 is 1.53 bits per heavy atom. The SMILES string of the molecule is CCOc1cc(Cl)c(S(=O)(=O)NC(C)(C)C)cc1C1=N[C@@](C)(c2ccc(Cl)cc2)[C@@](C)(c2ccc(Cl)cc2)N1C(=O)N1CCN(CCC(O)CO)CC1. The van der Waals surface area contributed by atoms with E-state index in [1.807, 2.05) is 38.1 Å². The van der Waals surface area contributed by atoms with Crippen molar-refractivity contribution >= 4 is 56.7 Å². The van der Waals surface area contributed by atoms with Crippen molar-refractivity contribution < 1.29 is 28.2 Å². The van der Waals surface area contributed by atoms with Crippen LogP contribution in [0.4, 0.5) is 4.79 Å². The lowest BCUT2D eigenvalue weighted by molar-refractivity contribution is 0.0624. The molecule has 2 amide bonds. The summed E-state index contributed by atoms with van der Waals surface area (Å²) in [6.45, 7) is 13.2. The zero-order valence-electron chi connectivity index (χ0n) is 30.9. The van der Waals surface area contributed by atoms with Gasteiger partial charge in [-0.1, -0.05) is 59.1 Å². The molecule has 1 unspecified atom stereocenters. The van der Waals surface area contributed by atoms with E-state index in [0.717, 1.165) is 11.1 Å². The topological polar surface area (TPSA) is 135 Å². The van der Waals surface area contributed by atoms with E-state index in [2.05, 4.69) is 9.62 Å². The van der Waals surface area contributed by atoms with Gasteiger partial charge >= 0.3 is 6.03 Å². The number of amides is 2. The second-order valence-electron chi connectivity index (χ2n) is 14.7. The van der Waals surface area contributed by atoms with E-state index in [-0.39, 0.29) is 46.3 Å². The Morgan fingerprint density at radius 3 is 2.06 bits per heavy atom. The Bertz CT molecular complexity index is 1930. The molecule has 2 aliphatic rings. The van der Waals surface area contributed by atoms with Gasteiger partial charge in [0.1, 0.15) is 27.6 Å². The number of aliphatic hydroxyl groups is 2. The van der Waals surface area contributed by atoms with Crippen molar-refractivity contribution in [2.45, 2.75) is 75.6 Å². The van der Waals surface area contributed by atoms with Gasteiger partial charge in [0.05, 0.1) is 29.9 Å². The highest BCUT2D eigenvalue weighted by atomic mass is 35.5. The number of benzene rings is 3. The molecule has 1 fully saturated rings. The van der Waals surface area contributed by atoms with Gasteiger partial charge in [-0.15, -0.1) is 0 Å². The summed E-state index contributed by atoms with van der Waals surface area (Å²) >= 11 is 19.5. The number of nitrogens with zero attached hydrogens (tertiary/aromatic N) is 4. The first-order chi connectivity index (χ1) is 24.8. The minimum absolute atomic E-state index is 0.0474. The van der Waals surface area contributed by atoms with Crippen LogP contribution in [0, 0.1) is 0 Å². The van der Waals surface area contributed by atoms with Gasteiger partial charge < -0.3 is 19.8 Å². The summed E-state index contributed by atoms with van der Waals surface area (Å²) in [6, 6.07) is 17.1. The highest BCUT2D eigenvalue weighted by Gasteiger charge is 2.60. The van der Waals surface area contributed by atoms with Crippen LogP contribution in [0.2, 0.25) is 15.1 Å². The number of amidine groups is 1. The fourth-order valence-electron chi connectivity index (χ4n) is 6.94. The number of urea groups is 1. The molecule has 0 saturated carbocycles. The molecule has 15 heteroatoms. The van der Waals surface area contributed by atoms with E-state index < -0.39 is 32.7 Å². The van der Waals surface area contributed by atoms with Gasteiger partial charge in [-0.2, -0.15) is 0 Å². The van der Waals surface area contributed by atoms with Crippen LogP contribution in [0.5, 0.6) is 5.75 Å². The van der Waals surface area contributed by atoms with Gasteiger partial charge in [0.15, 0.2) is 0 Å². The summed E-state index contributed by atoms with van der Waals surface area (Å²) in [4.78, 5) is 26.0. The number of halogens is 3. The molecule has 0 radical (unpaired) electrons. The molecule has 2 aliphatic heterocycles. The van der Waals surface area contributed by atoms with Crippen molar-refractivity contribution in [3.63, 3.8) is 0 Å². The number of hydrogen-bond donors (Lipinski definition) is 3. The first kappa shape index (κ1) is 41.2. The maximum atomic E-state index is 15.3. The third-order valence-electron chi connectivity index (χ3n) is 9.88. The van der Waals surface area contributed by atoms with Gasteiger partial charge in [-0.05, 0) is 89.4 Å². The first-order valence-electron chi connectivity index (χ1n) is 17.6. The molecule has 11 nitrogen and oxygen atoms in total. The predicted molar refractivity (Wildman–Crippen MR) is 210 cm³/mol. The fraction of sp³-hybridized carbons (Fsp3) is 0.474. The standard InChI is InChI=1S/C38H48Cl3N5O6S/c1-7-52-32-23-31(41)33(53(50,51)43-36(2,3)4)22-30(32)34-42-37(5,25-8-12-27(39)13-9-25)38(6,26-10-14-28(40)15-11-26)46(34)35(49)45-20-18-44(19-21-45)17-16-29(48)24-47/h8-15,22-23,29,43,47-48H,7,16-21,24H2,1-6H3/t29?,37-,38+/m0/s1. The lowest BCUT2D eigenvalue weighted by atomic mass is 9.71. The van der Waals surface area contributed by atoms with Crippen LogP contribution < -0.4 is 9.46 Å². The number of sulfonamides is 1. The molecule has 3 aromatic carbocycles. The van der Waals surface area contributed by atoms with Crippen LogP contribution in [0.25, 0.3) is 0 Å². The van der Waals surface area contributed by atoms with E-state index in [1.54, 1.807) is 61.8 Å². The lowest BCUT2D eigenvalue weighted by Gasteiger charge is -2.47. The molecule has 3 atom stereocenters. The van der Waals surface area contributed by atoms with Crippen molar-refractivity contribution in [3.8, 4) is 5.75 Å². The summed E-state index contributed by atoms with van der Waals surface area (Å²) in [7, 11) is -4.16. The molecule has 3 aromatic rings. The fourth-order valence-corrected chi connectivity index (χ4v) is 9.16. The monoisotopic (exact) mass is 807 g/mol. The van der Waals surface area contributed by atoms with Crippen LogP contribution in [0.15, 0.2) is 70.6 Å². The Hall–Kier alpha value is -2.94. The third kappa shape index (κ3) is 8.50. The van der Waals surface area contributed by atoms with Gasteiger partial charge in [0.25, 0.3) is 0 Å². The van der Waals surface area contributed by atoms with Gasteiger partial charge in [-0.25, -0.2) is 17.9 Å². The van der Waals surface area contributed by atoms with Crippen LogP contribution >= 0.6 is 34.8 Å². The molecule has 0 spiro atoms. The van der Waals surface area contributed by atoms with Crippen LogP contribution in [-0.2, 0) is 21.1 Å². The van der Waals surface area contributed by atoms with Gasteiger partial charge in [0, 0.05) is 54.4 Å². The molecule has 0 aromatic heterocycles. The maximum absolute atomic E-state index is 15.3. The number of hydrogen-bond acceptors (Lipinski definition) is 8. The molecule has 1 saturated heterocycles. The molecule has 53 heavy (non-hydrogen) atoms. The molecular weight excluding hydrogens is 761 g/mol. The Kier molecular flexibility index (Phi) is 12.5. The van der Waals surface area contributed by atoms with Crippen LogP contribution in [-0.4, -0.2) is 103 Å². The van der Waals surface area contributed by atoms with E-state index in [0.29, 0.717) is 49.2 Å². The second kappa shape index (κ2) is 16.0. The number of carbonyl (C=O) groups is 1. The quantitative estimate of drug-likeness (QED) is 0.202. The summed E-state index contributed by atoms with van der Waals surface area (Å²) in [5.74, 6) is 0.459. The molecular formula is C38H48Cl3N5O6S. The molecule has 288 valence electrons. The van der Waals surface area contributed by atoms with E-state index in [1.165, 1.54) is 12.1 Å². The van der Waals surface area contributed by atoms with Crippen molar-refractivity contribution in [3.05, 3.63) is 92.4 Å². The summed E-state index contributed by atoms with van der Waals surface area (Å²) in [5, 5.41) is 20.2. The highest BCUT2D eigenvalue weighted by molar-refractivity contribution is 7.89. The Morgan fingerprint density at radius 1 is 0.962 bits per heavy atom. The molecule has 3 N–H and O–H groups in total. The molecule has 0 bridgehead atoms. The number of nitrogens with one attached hydrogen (secondary N) is 1. The number of carbonyl (C=O) groups excluding carboxylic acids is 1. The third-order valence-corrected chi connectivity index (χ3v) is 12.6. The zero-order valence-corrected chi connectivity index (χ0v) is 34.0. The maximum Gasteiger partial charge on any atom is 0.326 e. The largest absolute Gasteiger partial charge is 0.493 e. The minimum Gasteiger partial charge on any atom is -0.493 e. The lowest BCUT2D eigenvalue weighted by Crippen LogP contribution is -2.60. The molecule has 5 rings (SSSR count). The summed E-state index contributed by atoms with van der Waals surface area (Å²) < 4.78 is 36.5.